The molecule has 0 saturated heterocycles. The van der Waals surface area contributed by atoms with Crippen LogP contribution in [-0.4, -0.2) is 10.5 Å². The van der Waals surface area contributed by atoms with Gasteiger partial charge in [-0.25, -0.2) is 0 Å². The van der Waals surface area contributed by atoms with Crippen molar-refractivity contribution in [2.24, 2.45) is 0 Å². The van der Waals surface area contributed by atoms with Crippen LogP contribution in [-0.2, 0) is 0 Å². The molecule has 0 aliphatic rings. The molecular formula is C16H23N3. The van der Waals surface area contributed by atoms with Crippen molar-refractivity contribution in [2.45, 2.75) is 45.6 Å². The summed E-state index contributed by atoms with van der Waals surface area (Å²) >= 11 is 0. The van der Waals surface area contributed by atoms with E-state index in [4.69, 9.17) is 5.73 Å². The van der Waals surface area contributed by atoms with Crippen molar-refractivity contribution in [1.82, 2.24) is 4.98 Å². The lowest BCUT2D eigenvalue weighted by Crippen LogP contribution is -2.36. The first kappa shape index (κ1) is 13.7. The van der Waals surface area contributed by atoms with Gasteiger partial charge in [0.25, 0.3) is 0 Å². The summed E-state index contributed by atoms with van der Waals surface area (Å²) in [6.45, 7) is 6.66. The summed E-state index contributed by atoms with van der Waals surface area (Å²) in [7, 11) is 0. The molecule has 0 aliphatic carbocycles. The molecule has 0 bridgehead atoms. The first-order chi connectivity index (χ1) is 9.15. The van der Waals surface area contributed by atoms with Gasteiger partial charge < -0.3 is 11.1 Å². The number of aromatic nitrogens is 1. The maximum absolute atomic E-state index is 6.29. The highest BCUT2D eigenvalue weighted by molar-refractivity contribution is 5.96. The van der Waals surface area contributed by atoms with Crippen molar-refractivity contribution in [3.63, 3.8) is 0 Å². The van der Waals surface area contributed by atoms with Gasteiger partial charge in [-0.1, -0.05) is 20.8 Å². The van der Waals surface area contributed by atoms with Crippen LogP contribution in [0.2, 0.25) is 0 Å². The maximum Gasteiger partial charge on any atom is 0.0724 e. The SMILES string of the molecule is CCC(CC)(CC)Nc1ccc2ncccc2c1N. The lowest BCUT2D eigenvalue weighted by molar-refractivity contribution is 0.420. The second kappa shape index (κ2) is 5.47. The number of nitrogens with two attached hydrogens (primary N) is 1. The molecule has 102 valence electrons. The highest BCUT2D eigenvalue weighted by atomic mass is 15.0. The van der Waals surface area contributed by atoms with Crippen LogP contribution < -0.4 is 11.1 Å². The molecule has 2 aromatic rings. The molecule has 0 amide bonds. The van der Waals surface area contributed by atoms with Crippen LogP contribution in [0.4, 0.5) is 11.4 Å². The molecule has 1 heterocycles. The van der Waals surface area contributed by atoms with Gasteiger partial charge in [-0.05, 0) is 43.5 Å². The zero-order valence-corrected chi connectivity index (χ0v) is 12.0. The summed E-state index contributed by atoms with van der Waals surface area (Å²) in [6, 6.07) is 8.02. The third kappa shape index (κ3) is 2.50. The van der Waals surface area contributed by atoms with Crippen LogP contribution in [0.1, 0.15) is 40.0 Å². The minimum Gasteiger partial charge on any atom is -0.397 e. The molecule has 3 nitrogen and oxygen atoms in total. The van der Waals surface area contributed by atoms with E-state index in [1.165, 1.54) is 0 Å². The third-order valence-electron chi connectivity index (χ3n) is 4.26. The number of fused-ring (bicyclic) bond motifs is 1. The molecule has 0 radical (unpaired) electrons. The summed E-state index contributed by atoms with van der Waals surface area (Å²) in [5.74, 6) is 0. The van der Waals surface area contributed by atoms with Crippen molar-refractivity contribution in [2.75, 3.05) is 11.1 Å². The molecule has 0 aliphatic heterocycles. The standard InChI is InChI=1S/C16H23N3/c1-4-16(5-2,6-3)19-14-10-9-13-12(15(14)17)8-7-11-18-13/h7-11,19H,4-6,17H2,1-3H3. The minimum absolute atomic E-state index is 0.129. The zero-order chi connectivity index (χ0) is 13.9. The number of nitrogen functional groups attached to an aromatic ring is 1. The van der Waals surface area contributed by atoms with E-state index in [2.05, 4.69) is 31.1 Å². The first-order valence-corrected chi connectivity index (χ1v) is 7.07. The van der Waals surface area contributed by atoms with Crippen molar-refractivity contribution < 1.29 is 0 Å². The van der Waals surface area contributed by atoms with Gasteiger partial charge in [-0.15, -0.1) is 0 Å². The van der Waals surface area contributed by atoms with Crippen LogP contribution in [0.3, 0.4) is 0 Å². The molecule has 0 saturated carbocycles. The lowest BCUT2D eigenvalue weighted by Gasteiger charge is -2.33. The molecule has 3 N–H and O–H groups in total. The monoisotopic (exact) mass is 257 g/mol. The minimum atomic E-state index is 0.129. The van der Waals surface area contributed by atoms with Crippen LogP contribution >= 0.6 is 0 Å². The fourth-order valence-electron chi connectivity index (χ4n) is 2.59. The van der Waals surface area contributed by atoms with Gasteiger partial charge in [-0.3, -0.25) is 4.98 Å². The first-order valence-electron chi connectivity index (χ1n) is 7.07. The number of rotatable bonds is 5. The number of pyridine rings is 1. The Balaban J connectivity index is 2.43. The van der Waals surface area contributed by atoms with Gasteiger partial charge in [0, 0.05) is 17.1 Å². The normalized spacial score (nSPS) is 11.7. The van der Waals surface area contributed by atoms with E-state index in [9.17, 15) is 0 Å². The van der Waals surface area contributed by atoms with Crippen molar-refractivity contribution in [3.8, 4) is 0 Å². The number of anilines is 2. The average molecular weight is 257 g/mol. The van der Waals surface area contributed by atoms with Gasteiger partial charge in [0.2, 0.25) is 0 Å². The summed E-state index contributed by atoms with van der Waals surface area (Å²) in [5.41, 5.74) is 9.18. The number of hydrogen-bond acceptors (Lipinski definition) is 3. The third-order valence-corrected chi connectivity index (χ3v) is 4.26. The highest BCUT2D eigenvalue weighted by Gasteiger charge is 2.24. The van der Waals surface area contributed by atoms with Crippen molar-refractivity contribution in [1.29, 1.82) is 0 Å². The predicted octanol–water partition coefficient (Wildman–Crippen LogP) is 4.20. The average Bonchev–Trinajstić information content (AvgIpc) is 2.48. The quantitative estimate of drug-likeness (QED) is 0.789. The summed E-state index contributed by atoms with van der Waals surface area (Å²) < 4.78 is 0. The Kier molecular flexibility index (Phi) is 3.93. The summed E-state index contributed by atoms with van der Waals surface area (Å²) in [5, 5.41) is 4.67. The van der Waals surface area contributed by atoms with Gasteiger partial charge in [0.1, 0.15) is 0 Å². The van der Waals surface area contributed by atoms with Crippen LogP contribution in [0.5, 0.6) is 0 Å². The fraction of sp³-hybridized carbons (Fsp3) is 0.438. The summed E-state index contributed by atoms with van der Waals surface area (Å²) in [6.07, 6.45) is 5.06. The molecule has 0 atom stereocenters. The zero-order valence-electron chi connectivity index (χ0n) is 12.0. The fourth-order valence-corrected chi connectivity index (χ4v) is 2.59. The second-order valence-corrected chi connectivity index (χ2v) is 5.06. The van der Waals surface area contributed by atoms with E-state index < -0.39 is 0 Å². The van der Waals surface area contributed by atoms with Gasteiger partial charge in [-0.2, -0.15) is 0 Å². The second-order valence-electron chi connectivity index (χ2n) is 5.06. The number of nitrogens with zero attached hydrogens (tertiary/aromatic N) is 1. The number of nitrogens with one attached hydrogen (secondary N) is 1. The molecule has 1 aromatic carbocycles. The topological polar surface area (TPSA) is 50.9 Å². The maximum atomic E-state index is 6.29. The Morgan fingerprint density at radius 1 is 1.11 bits per heavy atom. The molecule has 0 unspecified atom stereocenters. The molecular weight excluding hydrogens is 234 g/mol. The van der Waals surface area contributed by atoms with Crippen molar-refractivity contribution >= 4 is 22.3 Å². The Bertz CT molecular complexity index is 551. The Morgan fingerprint density at radius 3 is 2.42 bits per heavy atom. The highest BCUT2D eigenvalue weighted by Crippen LogP contribution is 2.32. The Labute approximate surface area is 115 Å². The van der Waals surface area contributed by atoms with E-state index in [0.29, 0.717) is 0 Å². The largest absolute Gasteiger partial charge is 0.397 e. The molecule has 0 fully saturated rings. The van der Waals surface area contributed by atoms with Crippen molar-refractivity contribution in [3.05, 3.63) is 30.5 Å². The number of benzene rings is 1. The lowest BCUT2D eigenvalue weighted by atomic mass is 9.89. The van der Waals surface area contributed by atoms with Gasteiger partial charge >= 0.3 is 0 Å². The van der Waals surface area contributed by atoms with E-state index in [-0.39, 0.29) is 5.54 Å². The molecule has 19 heavy (non-hydrogen) atoms. The van der Waals surface area contributed by atoms with E-state index in [1.54, 1.807) is 6.20 Å². The molecule has 0 spiro atoms. The van der Waals surface area contributed by atoms with Gasteiger partial charge in [0.15, 0.2) is 0 Å². The van der Waals surface area contributed by atoms with Crippen LogP contribution in [0.15, 0.2) is 30.5 Å². The van der Waals surface area contributed by atoms with E-state index in [1.807, 2.05) is 24.3 Å². The predicted molar refractivity (Wildman–Crippen MR) is 83.4 cm³/mol. The Morgan fingerprint density at radius 2 is 1.79 bits per heavy atom. The smallest absolute Gasteiger partial charge is 0.0724 e. The Hall–Kier alpha value is -1.77. The molecule has 1 aromatic heterocycles. The van der Waals surface area contributed by atoms with Gasteiger partial charge in [0.05, 0.1) is 16.9 Å². The van der Waals surface area contributed by atoms with Crippen LogP contribution in [0, 0.1) is 0 Å². The van der Waals surface area contributed by atoms with Crippen LogP contribution in [0.25, 0.3) is 10.9 Å². The molecule has 2 rings (SSSR count). The van der Waals surface area contributed by atoms with E-state index >= 15 is 0 Å². The molecule has 3 heteroatoms. The van der Waals surface area contributed by atoms with E-state index in [0.717, 1.165) is 41.5 Å². The number of hydrogen-bond donors (Lipinski definition) is 2. The summed E-state index contributed by atoms with van der Waals surface area (Å²) in [4.78, 5) is 4.33.